The number of aromatic nitrogens is 1. The Hall–Kier alpha value is -2.99. The Morgan fingerprint density at radius 1 is 1.15 bits per heavy atom. The summed E-state index contributed by atoms with van der Waals surface area (Å²) in [7, 11) is 1.27. The summed E-state index contributed by atoms with van der Waals surface area (Å²) < 4.78 is 10.0. The normalized spacial score (nSPS) is 11.8. The monoisotopic (exact) mass is 386 g/mol. The molecule has 1 amide bonds. The molecule has 0 fully saturated rings. The number of alkyl carbamates (subject to hydrolysis) is 1. The van der Waals surface area contributed by atoms with E-state index >= 15 is 0 Å². The van der Waals surface area contributed by atoms with Gasteiger partial charge in [0.25, 0.3) is 0 Å². The van der Waals surface area contributed by atoms with Crippen LogP contribution in [-0.2, 0) is 27.3 Å². The number of benzene rings is 2. The first-order chi connectivity index (χ1) is 13.1. The van der Waals surface area contributed by atoms with Crippen molar-refractivity contribution in [2.75, 3.05) is 7.11 Å². The standard InChI is InChI=1S/C20H19ClN2O4/c1-26-19(24)17(23-20(25)27-12-13-6-3-2-4-7-13)10-14-11-22-16-9-5-8-15(21)18(14)16/h2-9,11,17,22H,10,12H2,1H3,(H,23,25). The van der Waals surface area contributed by atoms with E-state index in [9.17, 15) is 9.59 Å². The third kappa shape index (κ3) is 4.60. The number of H-pyrrole nitrogens is 1. The summed E-state index contributed by atoms with van der Waals surface area (Å²) in [5.74, 6) is -0.562. The van der Waals surface area contributed by atoms with E-state index in [0.29, 0.717) is 5.02 Å². The van der Waals surface area contributed by atoms with Crippen LogP contribution in [0.15, 0.2) is 54.7 Å². The molecule has 2 aromatic carbocycles. The molecule has 3 aromatic rings. The minimum Gasteiger partial charge on any atom is -0.467 e. The average Bonchev–Trinajstić information content (AvgIpc) is 3.10. The minimum absolute atomic E-state index is 0.111. The molecule has 7 heteroatoms. The van der Waals surface area contributed by atoms with Crippen molar-refractivity contribution >= 4 is 34.6 Å². The van der Waals surface area contributed by atoms with Gasteiger partial charge in [-0.15, -0.1) is 0 Å². The smallest absolute Gasteiger partial charge is 0.408 e. The number of fused-ring (bicyclic) bond motifs is 1. The average molecular weight is 387 g/mol. The third-order valence-electron chi connectivity index (χ3n) is 4.15. The topological polar surface area (TPSA) is 80.4 Å². The number of amides is 1. The van der Waals surface area contributed by atoms with E-state index < -0.39 is 18.1 Å². The maximum Gasteiger partial charge on any atom is 0.408 e. The Kier molecular flexibility index (Phi) is 5.98. The lowest BCUT2D eigenvalue weighted by Gasteiger charge is -2.16. The minimum atomic E-state index is -0.895. The number of carbonyl (C=O) groups excluding carboxylic acids is 2. The van der Waals surface area contributed by atoms with E-state index in [1.165, 1.54) is 7.11 Å². The lowest BCUT2D eigenvalue weighted by atomic mass is 10.1. The first-order valence-electron chi connectivity index (χ1n) is 8.38. The fourth-order valence-electron chi connectivity index (χ4n) is 2.83. The number of halogens is 1. The zero-order valence-corrected chi connectivity index (χ0v) is 15.5. The SMILES string of the molecule is COC(=O)C(Cc1c[nH]c2cccc(Cl)c12)NC(=O)OCc1ccccc1. The van der Waals surface area contributed by atoms with Gasteiger partial charge in [0.2, 0.25) is 0 Å². The largest absolute Gasteiger partial charge is 0.467 e. The highest BCUT2D eigenvalue weighted by Crippen LogP contribution is 2.27. The van der Waals surface area contributed by atoms with E-state index in [-0.39, 0.29) is 13.0 Å². The van der Waals surface area contributed by atoms with Gasteiger partial charge in [-0.2, -0.15) is 0 Å². The molecule has 1 heterocycles. The Bertz CT molecular complexity index is 940. The summed E-state index contributed by atoms with van der Waals surface area (Å²) in [4.78, 5) is 27.4. The number of hydrogen-bond acceptors (Lipinski definition) is 4. The van der Waals surface area contributed by atoms with Gasteiger partial charge < -0.3 is 19.8 Å². The van der Waals surface area contributed by atoms with Crippen LogP contribution in [0.1, 0.15) is 11.1 Å². The molecule has 1 aromatic heterocycles. The second kappa shape index (κ2) is 8.60. The predicted molar refractivity (Wildman–Crippen MR) is 103 cm³/mol. The highest BCUT2D eigenvalue weighted by atomic mass is 35.5. The number of nitrogens with one attached hydrogen (secondary N) is 2. The number of esters is 1. The first-order valence-corrected chi connectivity index (χ1v) is 8.76. The molecule has 27 heavy (non-hydrogen) atoms. The van der Waals surface area contributed by atoms with Gasteiger partial charge in [-0.25, -0.2) is 9.59 Å². The molecule has 0 bridgehead atoms. The lowest BCUT2D eigenvalue weighted by Crippen LogP contribution is -2.43. The van der Waals surface area contributed by atoms with Crippen molar-refractivity contribution in [3.05, 3.63) is 70.9 Å². The van der Waals surface area contributed by atoms with Crippen LogP contribution in [0, 0.1) is 0 Å². The van der Waals surface area contributed by atoms with E-state index in [0.717, 1.165) is 22.0 Å². The van der Waals surface area contributed by atoms with Gasteiger partial charge in [0, 0.05) is 23.5 Å². The number of aromatic amines is 1. The van der Waals surface area contributed by atoms with Crippen molar-refractivity contribution in [3.8, 4) is 0 Å². The molecule has 1 unspecified atom stereocenters. The Morgan fingerprint density at radius 2 is 1.93 bits per heavy atom. The first kappa shape index (κ1) is 18.8. The Balaban J connectivity index is 1.70. The number of hydrogen-bond donors (Lipinski definition) is 2. The molecule has 0 saturated heterocycles. The van der Waals surface area contributed by atoms with Gasteiger partial charge in [0.05, 0.1) is 12.1 Å². The molecule has 0 spiro atoms. The second-order valence-electron chi connectivity index (χ2n) is 5.96. The molecule has 0 saturated carbocycles. The molecular weight excluding hydrogens is 368 g/mol. The lowest BCUT2D eigenvalue weighted by molar-refractivity contribution is -0.142. The molecular formula is C20H19ClN2O4. The van der Waals surface area contributed by atoms with Crippen LogP contribution >= 0.6 is 11.6 Å². The summed E-state index contributed by atoms with van der Waals surface area (Å²) in [6, 6.07) is 13.9. The molecule has 0 aliphatic rings. The fourth-order valence-corrected chi connectivity index (χ4v) is 3.13. The van der Waals surface area contributed by atoms with Crippen molar-refractivity contribution in [3.63, 3.8) is 0 Å². The van der Waals surface area contributed by atoms with Crippen molar-refractivity contribution in [2.45, 2.75) is 19.1 Å². The van der Waals surface area contributed by atoms with Crippen LogP contribution in [0.3, 0.4) is 0 Å². The molecule has 3 rings (SSSR count). The molecule has 2 N–H and O–H groups in total. The summed E-state index contributed by atoms with van der Waals surface area (Å²) in [6.45, 7) is 0.111. The summed E-state index contributed by atoms with van der Waals surface area (Å²) >= 11 is 6.28. The van der Waals surface area contributed by atoms with Gasteiger partial charge in [0.1, 0.15) is 12.6 Å². The van der Waals surface area contributed by atoms with Crippen molar-refractivity contribution in [1.29, 1.82) is 0 Å². The fraction of sp³-hybridized carbons (Fsp3) is 0.200. The maximum absolute atomic E-state index is 12.1. The zero-order chi connectivity index (χ0) is 19.2. The van der Waals surface area contributed by atoms with Crippen molar-refractivity contribution < 1.29 is 19.1 Å². The highest BCUT2D eigenvalue weighted by Gasteiger charge is 2.24. The Labute approximate surface area is 161 Å². The molecule has 140 valence electrons. The van der Waals surface area contributed by atoms with Gasteiger partial charge in [-0.05, 0) is 23.3 Å². The van der Waals surface area contributed by atoms with Crippen LogP contribution in [-0.4, -0.2) is 30.2 Å². The highest BCUT2D eigenvalue weighted by molar-refractivity contribution is 6.35. The molecule has 1 atom stereocenters. The number of ether oxygens (including phenoxy) is 2. The van der Waals surface area contributed by atoms with Crippen LogP contribution in [0.2, 0.25) is 5.02 Å². The quantitative estimate of drug-likeness (QED) is 0.631. The molecule has 0 radical (unpaired) electrons. The second-order valence-corrected chi connectivity index (χ2v) is 6.37. The molecule has 0 aliphatic carbocycles. The number of methoxy groups -OCH3 is 1. The summed E-state index contributed by atoms with van der Waals surface area (Å²) in [5, 5.41) is 3.95. The maximum atomic E-state index is 12.1. The van der Waals surface area contributed by atoms with Crippen LogP contribution in [0.5, 0.6) is 0 Å². The Morgan fingerprint density at radius 3 is 2.67 bits per heavy atom. The van der Waals surface area contributed by atoms with Crippen molar-refractivity contribution in [2.24, 2.45) is 0 Å². The van der Waals surface area contributed by atoms with Gasteiger partial charge >= 0.3 is 12.1 Å². The number of carbonyl (C=O) groups is 2. The summed E-state index contributed by atoms with van der Waals surface area (Å²) in [6.07, 6.45) is 1.29. The number of rotatable bonds is 6. The van der Waals surface area contributed by atoms with E-state index in [1.807, 2.05) is 42.5 Å². The van der Waals surface area contributed by atoms with Crippen molar-refractivity contribution in [1.82, 2.24) is 10.3 Å². The predicted octanol–water partition coefficient (Wildman–Crippen LogP) is 3.83. The van der Waals surface area contributed by atoms with E-state index in [1.54, 1.807) is 12.3 Å². The third-order valence-corrected chi connectivity index (χ3v) is 4.47. The van der Waals surface area contributed by atoms with E-state index in [4.69, 9.17) is 21.1 Å². The molecule has 0 aliphatic heterocycles. The zero-order valence-electron chi connectivity index (χ0n) is 14.7. The van der Waals surface area contributed by atoms with E-state index in [2.05, 4.69) is 10.3 Å². The van der Waals surface area contributed by atoms with Crippen LogP contribution < -0.4 is 5.32 Å². The molecule has 6 nitrogen and oxygen atoms in total. The van der Waals surface area contributed by atoms with Gasteiger partial charge in [-0.3, -0.25) is 0 Å². The van der Waals surface area contributed by atoms with Crippen LogP contribution in [0.25, 0.3) is 10.9 Å². The van der Waals surface area contributed by atoms with Gasteiger partial charge in [0.15, 0.2) is 0 Å². The van der Waals surface area contributed by atoms with Crippen LogP contribution in [0.4, 0.5) is 4.79 Å². The van der Waals surface area contributed by atoms with Gasteiger partial charge in [-0.1, -0.05) is 48.0 Å². The summed E-state index contributed by atoms with van der Waals surface area (Å²) in [5.41, 5.74) is 2.51.